The molecule has 0 radical (unpaired) electrons. The smallest absolute Gasteiger partial charge is 0.405 e. The van der Waals surface area contributed by atoms with Crippen molar-refractivity contribution in [2.45, 2.75) is 0 Å². The third-order valence-corrected chi connectivity index (χ3v) is 2.29. The molecule has 1 heterocycles. The molecule has 2 aromatic rings. The molecule has 2 rings (SSSR count). The summed E-state index contributed by atoms with van der Waals surface area (Å²) >= 11 is 0. The third kappa shape index (κ3) is 2.29. The van der Waals surface area contributed by atoms with Gasteiger partial charge in [0, 0.05) is 6.07 Å². The molecule has 0 saturated heterocycles. The number of nitrogen functional groups attached to an aromatic ring is 1. The van der Waals surface area contributed by atoms with Crippen molar-refractivity contribution in [3.05, 3.63) is 40.6 Å². The zero-order valence-electron chi connectivity index (χ0n) is 9.52. The Hall–Kier alpha value is -3.10. The Labute approximate surface area is 106 Å². The lowest BCUT2D eigenvalue weighted by Gasteiger charge is -2.05. The van der Waals surface area contributed by atoms with E-state index in [4.69, 9.17) is 11.5 Å². The molecule has 19 heavy (non-hydrogen) atoms. The number of aromatic nitrogens is 2. The van der Waals surface area contributed by atoms with Crippen molar-refractivity contribution in [2.75, 3.05) is 5.73 Å². The van der Waals surface area contributed by atoms with Gasteiger partial charge in [-0.05, 0) is 6.07 Å². The Morgan fingerprint density at radius 1 is 1.42 bits per heavy atom. The van der Waals surface area contributed by atoms with Crippen LogP contribution < -0.4 is 16.2 Å². The van der Waals surface area contributed by atoms with E-state index in [1.807, 2.05) is 0 Å². The molecule has 0 fully saturated rings. The number of nitro benzene ring substituents is 1. The summed E-state index contributed by atoms with van der Waals surface area (Å²) in [5.41, 5.74) is 10.5. The van der Waals surface area contributed by atoms with E-state index in [9.17, 15) is 14.9 Å². The minimum atomic E-state index is -1.05. The molecule has 9 heteroatoms. The number of para-hydroxylation sites is 2. The molecule has 1 aromatic heterocycles. The molecule has 1 amide bonds. The molecule has 0 aliphatic carbocycles. The van der Waals surface area contributed by atoms with Crippen molar-refractivity contribution in [2.24, 2.45) is 5.73 Å². The van der Waals surface area contributed by atoms with Gasteiger partial charge in [-0.1, -0.05) is 12.1 Å². The van der Waals surface area contributed by atoms with E-state index < -0.39 is 11.0 Å². The highest BCUT2D eigenvalue weighted by molar-refractivity contribution is 5.70. The van der Waals surface area contributed by atoms with E-state index in [0.717, 1.165) is 10.9 Å². The van der Waals surface area contributed by atoms with Crippen molar-refractivity contribution >= 4 is 17.6 Å². The van der Waals surface area contributed by atoms with E-state index in [-0.39, 0.29) is 22.9 Å². The standard InChI is InChI=1S/C10H9N5O4/c11-9-8(19-10(12)16)5-13-14(9)6-3-1-2-4-7(6)15(17)18/h1-5H,11H2,(H2,12,16). The Morgan fingerprint density at radius 3 is 2.74 bits per heavy atom. The molecule has 0 unspecified atom stereocenters. The van der Waals surface area contributed by atoms with Crippen molar-refractivity contribution in [1.29, 1.82) is 0 Å². The molecule has 1 aromatic carbocycles. The molecule has 0 spiro atoms. The minimum absolute atomic E-state index is 0.0619. The van der Waals surface area contributed by atoms with Crippen LogP contribution in [0.4, 0.5) is 16.3 Å². The average molecular weight is 263 g/mol. The van der Waals surface area contributed by atoms with E-state index in [0.29, 0.717) is 0 Å². The fraction of sp³-hybridized carbons (Fsp3) is 0. The van der Waals surface area contributed by atoms with Gasteiger partial charge in [0.2, 0.25) is 0 Å². The lowest BCUT2D eigenvalue weighted by atomic mass is 10.3. The summed E-state index contributed by atoms with van der Waals surface area (Å²) in [4.78, 5) is 21.0. The maximum atomic E-state index is 10.9. The molecule has 0 aliphatic heterocycles. The summed E-state index contributed by atoms with van der Waals surface area (Å²) in [6.07, 6.45) is 0.102. The molecule has 0 saturated carbocycles. The summed E-state index contributed by atoms with van der Waals surface area (Å²) in [5.74, 6) is -0.126. The lowest BCUT2D eigenvalue weighted by molar-refractivity contribution is -0.384. The number of rotatable bonds is 3. The maximum Gasteiger partial charge on any atom is 0.410 e. The molecular formula is C10H9N5O4. The molecule has 0 atom stereocenters. The number of carbonyl (C=O) groups is 1. The molecule has 0 bridgehead atoms. The van der Waals surface area contributed by atoms with E-state index in [1.54, 1.807) is 6.07 Å². The first-order chi connectivity index (χ1) is 9.00. The van der Waals surface area contributed by atoms with Gasteiger partial charge >= 0.3 is 6.09 Å². The average Bonchev–Trinajstić information content (AvgIpc) is 2.70. The monoisotopic (exact) mass is 263 g/mol. The van der Waals surface area contributed by atoms with Crippen LogP contribution in [-0.2, 0) is 0 Å². The van der Waals surface area contributed by atoms with Crippen LogP contribution in [0, 0.1) is 10.1 Å². The normalized spacial score (nSPS) is 10.1. The fourth-order valence-electron chi connectivity index (χ4n) is 1.52. The predicted molar refractivity (Wildman–Crippen MR) is 64.8 cm³/mol. The Balaban J connectivity index is 2.51. The van der Waals surface area contributed by atoms with Crippen molar-refractivity contribution in [3.8, 4) is 11.4 Å². The second-order valence-corrected chi connectivity index (χ2v) is 3.47. The zero-order valence-corrected chi connectivity index (χ0v) is 9.52. The first kappa shape index (κ1) is 12.4. The Morgan fingerprint density at radius 2 is 2.11 bits per heavy atom. The number of anilines is 1. The fourth-order valence-corrected chi connectivity index (χ4v) is 1.52. The van der Waals surface area contributed by atoms with Gasteiger partial charge in [-0.3, -0.25) is 10.1 Å². The second-order valence-electron chi connectivity index (χ2n) is 3.47. The van der Waals surface area contributed by atoms with E-state index in [1.165, 1.54) is 18.2 Å². The highest BCUT2D eigenvalue weighted by atomic mass is 16.6. The van der Waals surface area contributed by atoms with Crippen LogP contribution in [0.1, 0.15) is 0 Å². The highest BCUT2D eigenvalue weighted by Gasteiger charge is 2.19. The molecule has 4 N–H and O–H groups in total. The van der Waals surface area contributed by atoms with Crippen LogP contribution in [0.3, 0.4) is 0 Å². The number of amides is 1. The van der Waals surface area contributed by atoms with Crippen molar-refractivity contribution in [1.82, 2.24) is 9.78 Å². The van der Waals surface area contributed by atoms with Gasteiger partial charge in [0.1, 0.15) is 5.69 Å². The van der Waals surface area contributed by atoms with Crippen LogP contribution in [-0.4, -0.2) is 20.8 Å². The first-order valence-electron chi connectivity index (χ1n) is 5.05. The molecule has 98 valence electrons. The number of carbonyl (C=O) groups excluding carboxylic acids is 1. The van der Waals surface area contributed by atoms with Crippen LogP contribution in [0.15, 0.2) is 30.5 Å². The van der Waals surface area contributed by atoms with E-state index >= 15 is 0 Å². The highest BCUT2D eigenvalue weighted by Crippen LogP contribution is 2.28. The number of nitro groups is 1. The summed E-state index contributed by atoms with van der Waals surface area (Å²) < 4.78 is 5.70. The SMILES string of the molecule is NC(=O)Oc1cnn(-c2ccccc2[N+](=O)[O-])c1N. The Kier molecular flexibility index (Phi) is 3.02. The number of hydrogen-bond acceptors (Lipinski definition) is 6. The van der Waals surface area contributed by atoms with Gasteiger partial charge in [-0.2, -0.15) is 5.10 Å². The van der Waals surface area contributed by atoms with Crippen LogP contribution >= 0.6 is 0 Å². The maximum absolute atomic E-state index is 10.9. The minimum Gasteiger partial charge on any atom is -0.405 e. The summed E-state index contributed by atoms with van der Waals surface area (Å²) in [6.45, 7) is 0. The number of ether oxygens (including phenoxy) is 1. The topological polar surface area (TPSA) is 139 Å². The molecular weight excluding hydrogens is 254 g/mol. The van der Waals surface area contributed by atoms with Crippen molar-refractivity contribution in [3.63, 3.8) is 0 Å². The predicted octanol–water partition coefficient (Wildman–Crippen LogP) is 0.820. The number of hydrogen-bond donors (Lipinski definition) is 2. The van der Waals surface area contributed by atoms with Gasteiger partial charge in [0.25, 0.3) is 5.69 Å². The number of nitrogens with two attached hydrogens (primary N) is 2. The summed E-state index contributed by atoms with van der Waals surface area (Å²) in [7, 11) is 0. The summed E-state index contributed by atoms with van der Waals surface area (Å²) in [5, 5.41) is 14.7. The van der Waals surface area contributed by atoms with Gasteiger partial charge in [0.15, 0.2) is 11.6 Å². The first-order valence-corrected chi connectivity index (χ1v) is 5.05. The van der Waals surface area contributed by atoms with Gasteiger partial charge in [-0.15, -0.1) is 0 Å². The zero-order chi connectivity index (χ0) is 14.0. The van der Waals surface area contributed by atoms with Crippen LogP contribution in [0.2, 0.25) is 0 Å². The number of nitrogens with zero attached hydrogens (tertiary/aromatic N) is 3. The second kappa shape index (κ2) is 4.64. The van der Waals surface area contributed by atoms with E-state index in [2.05, 4.69) is 9.84 Å². The third-order valence-electron chi connectivity index (χ3n) is 2.29. The van der Waals surface area contributed by atoms with Gasteiger partial charge in [-0.25, -0.2) is 9.48 Å². The largest absolute Gasteiger partial charge is 0.410 e. The van der Waals surface area contributed by atoms with Crippen LogP contribution in [0.5, 0.6) is 5.75 Å². The van der Waals surface area contributed by atoms with Gasteiger partial charge in [0.05, 0.1) is 11.1 Å². The van der Waals surface area contributed by atoms with Gasteiger partial charge < -0.3 is 16.2 Å². The van der Waals surface area contributed by atoms with Crippen LogP contribution in [0.25, 0.3) is 5.69 Å². The molecule has 9 nitrogen and oxygen atoms in total. The lowest BCUT2D eigenvalue weighted by Crippen LogP contribution is -2.17. The van der Waals surface area contributed by atoms with Crippen molar-refractivity contribution < 1.29 is 14.5 Å². The molecule has 0 aliphatic rings. The summed E-state index contributed by atoms with van der Waals surface area (Å²) in [6, 6.07) is 5.89. The number of primary amides is 1. The quantitative estimate of drug-likeness (QED) is 0.620. The number of benzene rings is 1. The Bertz CT molecular complexity index is 651.